The third kappa shape index (κ3) is 2.53. The largest absolute Gasteiger partial charge is 0.415 e. The van der Waals surface area contributed by atoms with Crippen molar-refractivity contribution in [3.05, 3.63) is 22.4 Å². The summed E-state index contributed by atoms with van der Waals surface area (Å²) in [5, 5.41) is 3.89. The van der Waals surface area contributed by atoms with E-state index in [1.54, 1.807) is 17.5 Å². The van der Waals surface area contributed by atoms with Crippen LogP contribution in [-0.4, -0.2) is 17.6 Å². The van der Waals surface area contributed by atoms with Crippen molar-refractivity contribution in [2.45, 2.75) is 25.2 Å². The van der Waals surface area contributed by atoms with Crippen LogP contribution in [-0.2, 0) is 11.3 Å². The minimum Gasteiger partial charge on any atom is -0.368 e. The van der Waals surface area contributed by atoms with E-state index in [4.69, 9.17) is 5.73 Å². The van der Waals surface area contributed by atoms with Gasteiger partial charge in [-0.1, -0.05) is 6.07 Å². The van der Waals surface area contributed by atoms with Gasteiger partial charge in [0.25, 0.3) is 0 Å². The minimum atomic E-state index is -4.71. The molecule has 0 saturated heterocycles. The highest BCUT2D eigenvalue weighted by Gasteiger charge is 2.55. The number of nitrogens with two attached hydrogens (primary N) is 1. The Labute approximate surface area is 94.4 Å². The number of thiophene rings is 1. The predicted molar refractivity (Wildman–Crippen MR) is 54.8 cm³/mol. The first-order valence-corrected chi connectivity index (χ1v) is 5.29. The van der Waals surface area contributed by atoms with Crippen molar-refractivity contribution in [1.29, 1.82) is 0 Å². The van der Waals surface area contributed by atoms with Gasteiger partial charge in [0, 0.05) is 11.4 Å². The molecular formula is C9H11F3N2OS. The van der Waals surface area contributed by atoms with Gasteiger partial charge in [-0.25, -0.2) is 0 Å². The molecule has 0 spiro atoms. The Morgan fingerprint density at radius 3 is 2.56 bits per heavy atom. The SMILES string of the molecule is CC(NCc1cccs1)(C(N)=O)C(F)(F)F. The molecule has 3 N–H and O–H groups in total. The van der Waals surface area contributed by atoms with E-state index in [9.17, 15) is 18.0 Å². The third-order valence-corrected chi connectivity index (χ3v) is 3.13. The van der Waals surface area contributed by atoms with Crippen LogP contribution in [0.25, 0.3) is 0 Å². The minimum absolute atomic E-state index is 0.0450. The lowest BCUT2D eigenvalue weighted by molar-refractivity contribution is -0.194. The second kappa shape index (κ2) is 4.42. The molecule has 0 aliphatic rings. The summed E-state index contributed by atoms with van der Waals surface area (Å²) in [6.45, 7) is 0.694. The highest BCUT2D eigenvalue weighted by molar-refractivity contribution is 7.09. The summed E-state index contributed by atoms with van der Waals surface area (Å²) in [7, 11) is 0. The van der Waals surface area contributed by atoms with Gasteiger partial charge in [-0.3, -0.25) is 10.1 Å². The number of hydrogen-bond donors (Lipinski definition) is 2. The smallest absolute Gasteiger partial charge is 0.368 e. The summed E-state index contributed by atoms with van der Waals surface area (Å²) in [5.41, 5.74) is 2.08. The van der Waals surface area contributed by atoms with Crippen LogP contribution in [0.5, 0.6) is 0 Å². The van der Waals surface area contributed by atoms with E-state index < -0.39 is 17.6 Å². The third-order valence-electron chi connectivity index (χ3n) is 2.26. The molecule has 90 valence electrons. The molecule has 3 nitrogen and oxygen atoms in total. The zero-order valence-electron chi connectivity index (χ0n) is 8.47. The molecular weight excluding hydrogens is 241 g/mol. The highest BCUT2D eigenvalue weighted by Crippen LogP contribution is 2.30. The predicted octanol–water partition coefficient (Wildman–Crippen LogP) is 1.64. The Morgan fingerprint density at radius 2 is 2.19 bits per heavy atom. The Hall–Kier alpha value is -1.08. The van der Waals surface area contributed by atoms with Crippen molar-refractivity contribution < 1.29 is 18.0 Å². The molecule has 1 aromatic heterocycles. The molecule has 0 aliphatic heterocycles. The molecule has 0 aromatic carbocycles. The van der Waals surface area contributed by atoms with Crippen LogP contribution in [0.1, 0.15) is 11.8 Å². The van der Waals surface area contributed by atoms with Gasteiger partial charge in [-0.05, 0) is 18.4 Å². The first kappa shape index (κ1) is 13.0. The zero-order chi connectivity index (χ0) is 12.4. The normalized spacial score (nSPS) is 15.8. The van der Waals surface area contributed by atoms with Crippen LogP contribution in [0.4, 0.5) is 13.2 Å². The van der Waals surface area contributed by atoms with Crippen LogP contribution >= 0.6 is 11.3 Å². The molecule has 0 aliphatic carbocycles. The number of carbonyl (C=O) groups excluding carboxylic acids is 1. The first-order valence-electron chi connectivity index (χ1n) is 4.41. The first-order chi connectivity index (χ1) is 7.27. The Balaban J connectivity index is 2.77. The maximum absolute atomic E-state index is 12.6. The average molecular weight is 252 g/mol. The van der Waals surface area contributed by atoms with Crippen molar-refractivity contribution in [3.8, 4) is 0 Å². The van der Waals surface area contributed by atoms with E-state index in [0.717, 1.165) is 6.92 Å². The van der Waals surface area contributed by atoms with Gasteiger partial charge in [-0.15, -0.1) is 11.3 Å². The van der Waals surface area contributed by atoms with Crippen LogP contribution in [0.15, 0.2) is 17.5 Å². The number of carbonyl (C=O) groups is 1. The lowest BCUT2D eigenvalue weighted by atomic mass is 10.0. The van der Waals surface area contributed by atoms with Crippen LogP contribution in [0.3, 0.4) is 0 Å². The van der Waals surface area contributed by atoms with Gasteiger partial charge in [-0.2, -0.15) is 13.2 Å². The molecule has 1 heterocycles. The summed E-state index contributed by atoms with van der Waals surface area (Å²) in [5.74, 6) is -1.43. The molecule has 1 atom stereocenters. The summed E-state index contributed by atoms with van der Waals surface area (Å²) in [6.07, 6.45) is -4.71. The number of rotatable bonds is 4. The van der Waals surface area contributed by atoms with E-state index in [0.29, 0.717) is 4.88 Å². The zero-order valence-corrected chi connectivity index (χ0v) is 9.28. The lowest BCUT2D eigenvalue weighted by Crippen LogP contribution is -2.62. The van der Waals surface area contributed by atoms with Crippen molar-refractivity contribution in [1.82, 2.24) is 5.32 Å². The fraction of sp³-hybridized carbons (Fsp3) is 0.444. The van der Waals surface area contributed by atoms with Gasteiger partial charge in [0.1, 0.15) is 0 Å². The van der Waals surface area contributed by atoms with Crippen LogP contribution < -0.4 is 11.1 Å². The fourth-order valence-electron chi connectivity index (χ4n) is 1.00. The lowest BCUT2D eigenvalue weighted by Gasteiger charge is -2.29. The molecule has 16 heavy (non-hydrogen) atoms. The van der Waals surface area contributed by atoms with Crippen LogP contribution in [0.2, 0.25) is 0 Å². The number of alkyl halides is 3. The molecule has 7 heteroatoms. The van der Waals surface area contributed by atoms with Gasteiger partial charge in [0.05, 0.1) is 0 Å². The summed E-state index contributed by atoms with van der Waals surface area (Å²) in [6, 6.07) is 3.40. The van der Waals surface area contributed by atoms with E-state index in [1.165, 1.54) is 11.3 Å². The van der Waals surface area contributed by atoms with Crippen molar-refractivity contribution >= 4 is 17.2 Å². The van der Waals surface area contributed by atoms with Gasteiger partial charge < -0.3 is 5.73 Å². The maximum atomic E-state index is 12.6. The van der Waals surface area contributed by atoms with E-state index >= 15 is 0 Å². The van der Waals surface area contributed by atoms with Gasteiger partial charge >= 0.3 is 6.18 Å². The molecule has 0 radical (unpaired) electrons. The van der Waals surface area contributed by atoms with Gasteiger partial charge in [0.2, 0.25) is 5.91 Å². The number of halogens is 3. The second-order valence-corrected chi connectivity index (χ2v) is 4.45. The molecule has 1 unspecified atom stereocenters. The number of amides is 1. The van der Waals surface area contributed by atoms with Crippen LogP contribution in [0, 0.1) is 0 Å². The van der Waals surface area contributed by atoms with Crippen molar-refractivity contribution in [2.75, 3.05) is 0 Å². The van der Waals surface area contributed by atoms with E-state index in [2.05, 4.69) is 5.32 Å². The molecule has 0 fully saturated rings. The van der Waals surface area contributed by atoms with E-state index in [-0.39, 0.29) is 6.54 Å². The summed E-state index contributed by atoms with van der Waals surface area (Å²) < 4.78 is 37.9. The average Bonchev–Trinajstić information content (AvgIpc) is 2.64. The standard InChI is InChI=1S/C9H11F3N2OS/c1-8(7(13)15,9(10,11)12)14-5-6-3-2-4-16-6/h2-4,14H,5H2,1H3,(H2,13,15). The number of primary amides is 1. The fourth-order valence-corrected chi connectivity index (χ4v) is 1.65. The topological polar surface area (TPSA) is 55.1 Å². The molecule has 1 rings (SSSR count). The summed E-state index contributed by atoms with van der Waals surface area (Å²) >= 11 is 1.30. The Kier molecular flexibility index (Phi) is 3.59. The van der Waals surface area contributed by atoms with Crippen molar-refractivity contribution in [2.24, 2.45) is 5.73 Å². The molecule has 1 amide bonds. The highest BCUT2D eigenvalue weighted by atomic mass is 32.1. The number of hydrogen-bond acceptors (Lipinski definition) is 3. The number of nitrogens with one attached hydrogen (secondary N) is 1. The molecule has 0 saturated carbocycles. The maximum Gasteiger partial charge on any atom is 0.415 e. The van der Waals surface area contributed by atoms with E-state index in [1.807, 2.05) is 0 Å². The quantitative estimate of drug-likeness (QED) is 0.856. The Morgan fingerprint density at radius 1 is 1.56 bits per heavy atom. The van der Waals surface area contributed by atoms with Crippen molar-refractivity contribution in [3.63, 3.8) is 0 Å². The molecule has 0 bridgehead atoms. The molecule has 1 aromatic rings. The Bertz CT molecular complexity index is 363. The second-order valence-electron chi connectivity index (χ2n) is 3.42. The summed E-state index contributed by atoms with van der Waals surface area (Å²) in [4.78, 5) is 11.6. The van der Waals surface area contributed by atoms with Gasteiger partial charge in [0.15, 0.2) is 5.54 Å². The monoisotopic (exact) mass is 252 g/mol.